The van der Waals surface area contributed by atoms with Crippen LogP contribution in [0.2, 0.25) is 0 Å². The fourth-order valence-corrected chi connectivity index (χ4v) is 7.36. The molecule has 0 radical (unpaired) electrons. The molecule has 0 aromatic heterocycles. The molecule has 0 spiro atoms. The van der Waals surface area contributed by atoms with Crippen LogP contribution >= 0.6 is 0 Å². The molecule has 1 aromatic rings. The van der Waals surface area contributed by atoms with Crippen molar-refractivity contribution < 1.29 is 18.0 Å². The van der Waals surface area contributed by atoms with Crippen molar-refractivity contribution in [2.45, 2.75) is 83.2 Å². The average Bonchev–Trinajstić information content (AvgIpc) is 3.12. The monoisotopic (exact) mass is 475 g/mol. The van der Waals surface area contributed by atoms with Gasteiger partial charge in [-0.25, -0.2) is 8.42 Å². The van der Waals surface area contributed by atoms with E-state index in [0.717, 1.165) is 24.1 Å². The first-order chi connectivity index (χ1) is 15.6. The van der Waals surface area contributed by atoms with Crippen LogP contribution in [0.3, 0.4) is 0 Å². The zero-order valence-electron chi connectivity index (χ0n) is 20.2. The molecule has 1 saturated heterocycles. The van der Waals surface area contributed by atoms with Crippen LogP contribution in [0.5, 0.6) is 0 Å². The molecule has 8 heteroatoms. The Bertz CT molecular complexity index is 1020. The maximum absolute atomic E-state index is 13.3. The summed E-state index contributed by atoms with van der Waals surface area (Å²) in [5, 5.41) is 3.26. The number of hydrogen-bond acceptors (Lipinski definition) is 4. The summed E-state index contributed by atoms with van der Waals surface area (Å²) in [6, 6.07) is 5.33. The van der Waals surface area contributed by atoms with Crippen molar-refractivity contribution in [3.05, 3.63) is 23.8 Å². The van der Waals surface area contributed by atoms with Crippen LogP contribution < -0.4 is 10.2 Å². The third-order valence-corrected chi connectivity index (χ3v) is 10.00. The van der Waals surface area contributed by atoms with E-state index < -0.39 is 10.0 Å². The highest BCUT2D eigenvalue weighted by Gasteiger charge is 2.36. The topological polar surface area (TPSA) is 86.8 Å². The molecule has 4 atom stereocenters. The Morgan fingerprint density at radius 2 is 1.73 bits per heavy atom. The van der Waals surface area contributed by atoms with Crippen molar-refractivity contribution in [2.24, 2.45) is 17.8 Å². The van der Waals surface area contributed by atoms with E-state index in [2.05, 4.69) is 19.2 Å². The molecule has 0 bridgehead atoms. The number of fused-ring (bicyclic) bond motifs is 1. The van der Waals surface area contributed by atoms with Crippen molar-refractivity contribution in [3.63, 3.8) is 0 Å². The van der Waals surface area contributed by atoms with Gasteiger partial charge in [0.2, 0.25) is 21.8 Å². The Labute approximate surface area is 198 Å². The van der Waals surface area contributed by atoms with Crippen molar-refractivity contribution in [1.82, 2.24) is 9.62 Å². The highest BCUT2D eigenvalue weighted by Crippen LogP contribution is 2.35. The lowest BCUT2D eigenvalue weighted by Crippen LogP contribution is -2.48. The molecule has 182 valence electrons. The molecule has 1 aromatic carbocycles. The second-order valence-electron chi connectivity index (χ2n) is 10.3. The number of benzene rings is 1. The number of rotatable bonds is 4. The second kappa shape index (κ2) is 9.37. The molecule has 0 unspecified atom stereocenters. The Morgan fingerprint density at radius 3 is 2.39 bits per heavy atom. The van der Waals surface area contributed by atoms with Crippen LogP contribution in [0.15, 0.2) is 23.1 Å². The second-order valence-corrected chi connectivity index (χ2v) is 12.2. The smallest absolute Gasteiger partial charge is 0.243 e. The standard InChI is InChI=1S/C25H37N3O4S/c1-16-6-5-7-23(18(16)3)26-25(30)20-10-12-27(13-11-20)33(31,32)22-8-9-24-21(15-22)14-17(2)28(24)19(4)29/h8-9,15-18,20,23H,5-7,10-14H2,1-4H3,(H,26,30)/t16-,17-,18-,23+/m0/s1. The van der Waals surface area contributed by atoms with Crippen molar-refractivity contribution in [2.75, 3.05) is 18.0 Å². The first-order valence-corrected chi connectivity index (χ1v) is 13.8. The van der Waals surface area contributed by atoms with E-state index in [1.165, 1.54) is 17.6 Å². The number of piperidine rings is 1. The van der Waals surface area contributed by atoms with Gasteiger partial charge < -0.3 is 10.2 Å². The Morgan fingerprint density at radius 1 is 1.03 bits per heavy atom. The molecule has 1 aliphatic carbocycles. The van der Waals surface area contributed by atoms with Crippen molar-refractivity contribution in [1.29, 1.82) is 0 Å². The first kappa shape index (κ1) is 24.2. The molecular formula is C25H37N3O4S. The van der Waals surface area contributed by atoms with Crippen LogP contribution in [0.1, 0.15) is 65.4 Å². The van der Waals surface area contributed by atoms with Gasteiger partial charge in [0.25, 0.3) is 0 Å². The van der Waals surface area contributed by atoms with Crippen molar-refractivity contribution in [3.8, 4) is 0 Å². The normalized spacial score (nSPS) is 29.0. The molecule has 3 aliphatic rings. The summed E-state index contributed by atoms with van der Waals surface area (Å²) in [5.41, 5.74) is 1.69. The summed E-state index contributed by atoms with van der Waals surface area (Å²) < 4.78 is 28.1. The van der Waals surface area contributed by atoms with Gasteiger partial charge in [0, 0.05) is 43.7 Å². The van der Waals surface area contributed by atoms with Gasteiger partial charge >= 0.3 is 0 Å². The minimum Gasteiger partial charge on any atom is -0.353 e. The molecule has 2 heterocycles. The van der Waals surface area contributed by atoms with Gasteiger partial charge in [0.1, 0.15) is 0 Å². The lowest BCUT2D eigenvalue weighted by atomic mass is 9.78. The Balaban J connectivity index is 1.39. The Hall–Kier alpha value is -1.93. The molecule has 1 saturated carbocycles. The number of carbonyl (C=O) groups is 2. The maximum atomic E-state index is 13.3. The summed E-state index contributed by atoms with van der Waals surface area (Å²) in [6.45, 7) is 8.68. The fourth-order valence-electron chi connectivity index (χ4n) is 5.84. The van der Waals surface area contributed by atoms with E-state index in [1.807, 2.05) is 6.92 Å². The number of sulfonamides is 1. The number of nitrogens with zero attached hydrogens (tertiary/aromatic N) is 2. The molecule has 2 fully saturated rings. The van der Waals surface area contributed by atoms with Gasteiger partial charge in [-0.2, -0.15) is 4.31 Å². The Kier molecular flexibility index (Phi) is 6.87. The lowest BCUT2D eigenvalue weighted by molar-refractivity contribution is -0.127. The molecule has 2 aliphatic heterocycles. The highest BCUT2D eigenvalue weighted by atomic mass is 32.2. The van der Waals surface area contributed by atoms with Crippen LogP contribution in [-0.4, -0.2) is 49.7 Å². The zero-order valence-corrected chi connectivity index (χ0v) is 21.0. The third kappa shape index (κ3) is 4.69. The fraction of sp³-hybridized carbons (Fsp3) is 0.680. The van der Waals surface area contributed by atoms with Crippen LogP contribution in [0, 0.1) is 17.8 Å². The minimum atomic E-state index is -3.63. The predicted molar refractivity (Wildman–Crippen MR) is 128 cm³/mol. The van der Waals surface area contributed by atoms with Crippen molar-refractivity contribution >= 4 is 27.5 Å². The number of hydrogen-bond donors (Lipinski definition) is 1. The zero-order chi connectivity index (χ0) is 23.9. The van der Waals surface area contributed by atoms with E-state index in [9.17, 15) is 18.0 Å². The van der Waals surface area contributed by atoms with Crippen LogP contribution in [0.4, 0.5) is 5.69 Å². The summed E-state index contributed by atoms with van der Waals surface area (Å²) in [7, 11) is -3.63. The van der Waals surface area contributed by atoms with E-state index in [4.69, 9.17) is 0 Å². The third-order valence-electron chi connectivity index (χ3n) is 8.10. The average molecular weight is 476 g/mol. The van der Waals surface area contributed by atoms with Gasteiger partial charge in [-0.05, 0) is 68.2 Å². The minimum absolute atomic E-state index is 0.0274. The van der Waals surface area contributed by atoms with Gasteiger partial charge in [0.05, 0.1) is 4.90 Å². The first-order valence-electron chi connectivity index (χ1n) is 12.3. The van der Waals surface area contributed by atoms with Crippen LogP contribution in [0.25, 0.3) is 0 Å². The number of anilines is 1. The number of amides is 2. The van der Waals surface area contributed by atoms with Gasteiger partial charge in [-0.15, -0.1) is 0 Å². The van der Waals surface area contributed by atoms with E-state index in [0.29, 0.717) is 44.2 Å². The molecule has 1 N–H and O–H groups in total. The number of carbonyl (C=O) groups excluding carboxylic acids is 2. The number of nitrogens with one attached hydrogen (secondary N) is 1. The molecular weight excluding hydrogens is 438 g/mol. The molecule has 33 heavy (non-hydrogen) atoms. The lowest BCUT2D eigenvalue weighted by Gasteiger charge is -2.36. The van der Waals surface area contributed by atoms with Crippen LogP contribution in [-0.2, 0) is 26.0 Å². The maximum Gasteiger partial charge on any atom is 0.243 e. The molecule has 4 rings (SSSR count). The summed E-state index contributed by atoms with van der Waals surface area (Å²) in [5.74, 6) is 1.01. The largest absolute Gasteiger partial charge is 0.353 e. The highest BCUT2D eigenvalue weighted by molar-refractivity contribution is 7.89. The summed E-state index contributed by atoms with van der Waals surface area (Å²) >= 11 is 0. The quantitative estimate of drug-likeness (QED) is 0.724. The van der Waals surface area contributed by atoms with Gasteiger partial charge in [0.15, 0.2) is 0 Å². The van der Waals surface area contributed by atoms with E-state index in [-0.39, 0.29) is 34.7 Å². The van der Waals surface area contributed by atoms with E-state index in [1.54, 1.807) is 23.1 Å². The SMILES string of the molecule is CC(=O)N1c2ccc(S(=O)(=O)N3CCC(C(=O)N[C@@H]4CCC[C@H](C)[C@@H]4C)CC3)cc2C[C@@H]1C. The molecule has 2 amide bonds. The molecule has 7 nitrogen and oxygen atoms in total. The van der Waals surface area contributed by atoms with E-state index >= 15 is 0 Å². The summed E-state index contributed by atoms with van der Waals surface area (Å²) in [4.78, 5) is 26.8. The van der Waals surface area contributed by atoms with Gasteiger partial charge in [-0.3, -0.25) is 9.59 Å². The van der Waals surface area contributed by atoms with Gasteiger partial charge in [-0.1, -0.05) is 26.7 Å². The predicted octanol–water partition coefficient (Wildman–Crippen LogP) is 3.33. The summed E-state index contributed by atoms with van der Waals surface area (Å²) in [6.07, 6.45) is 5.14.